The van der Waals surface area contributed by atoms with Gasteiger partial charge in [0, 0.05) is 6.61 Å². The Morgan fingerprint density at radius 3 is 2.64 bits per heavy atom. The van der Waals surface area contributed by atoms with Crippen molar-refractivity contribution in [1.82, 2.24) is 4.90 Å². The highest BCUT2D eigenvalue weighted by Crippen LogP contribution is 2.07. The van der Waals surface area contributed by atoms with Crippen LogP contribution in [0.15, 0.2) is 0 Å². The predicted octanol–water partition coefficient (Wildman–Crippen LogP) is 1.47. The summed E-state index contributed by atoms with van der Waals surface area (Å²) in [6.45, 7) is 5.80. The average molecular weight is 199 g/mol. The Morgan fingerprint density at radius 1 is 1.29 bits per heavy atom. The Balaban J connectivity index is 2.06. The number of ketones is 1. The maximum Gasteiger partial charge on any atom is 0.172 e. The van der Waals surface area contributed by atoms with E-state index in [1.54, 1.807) is 0 Å². The summed E-state index contributed by atoms with van der Waals surface area (Å²) in [6, 6.07) is 0. The van der Waals surface area contributed by atoms with E-state index in [-0.39, 0.29) is 5.78 Å². The molecule has 0 aromatic carbocycles. The van der Waals surface area contributed by atoms with E-state index < -0.39 is 0 Å². The molecule has 1 aliphatic heterocycles. The third-order valence-electron chi connectivity index (χ3n) is 2.46. The molecule has 0 radical (unpaired) electrons. The molecule has 0 aliphatic carbocycles. The summed E-state index contributed by atoms with van der Waals surface area (Å²) in [5.41, 5.74) is 0. The molecule has 0 amide bonds. The predicted molar refractivity (Wildman–Crippen MR) is 56.4 cm³/mol. The van der Waals surface area contributed by atoms with Crippen molar-refractivity contribution in [3.05, 3.63) is 0 Å². The smallest absolute Gasteiger partial charge is 0.172 e. The largest absolute Gasteiger partial charge is 0.374 e. The molecule has 1 fully saturated rings. The zero-order valence-electron chi connectivity index (χ0n) is 9.13. The molecular formula is C11H21NO2. The third kappa shape index (κ3) is 4.72. The van der Waals surface area contributed by atoms with Crippen molar-refractivity contribution in [3.63, 3.8) is 0 Å². The van der Waals surface area contributed by atoms with Crippen LogP contribution >= 0.6 is 0 Å². The van der Waals surface area contributed by atoms with Gasteiger partial charge in [-0.05, 0) is 32.4 Å². The molecule has 1 heterocycles. The molecule has 0 aromatic heterocycles. The van der Waals surface area contributed by atoms with E-state index in [9.17, 15) is 4.79 Å². The van der Waals surface area contributed by atoms with Gasteiger partial charge >= 0.3 is 0 Å². The molecule has 0 unspecified atom stereocenters. The van der Waals surface area contributed by atoms with Crippen LogP contribution in [0.3, 0.4) is 0 Å². The Bertz CT molecular complexity index is 165. The number of piperidine rings is 1. The van der Waals surface area contributed by atoms with Gasteiger partial charge in [0.05, 0.1) is 6.54 Å². The molecule has 0 spiro atoms. The van der Waals surface area contributed by atoms with Crippen LogP contribution in [-0.4, -0.2) is 43.5 Å². The van der Waals surface area contributed by atoms with Crippen molar-refractivity contribution in [2.24, 2.45) is 0 Å². The highest BCUT2D eigenvalue weighted by Gasteiger charge is 2.13. The van der Waals surface area contributed by atoms with Crippen molar-refractivity contribution < 1.29 is 9.53 Å². The zero-order chi connectivity index (χ0) is 10.2. The van der Waals surface area contributed by atoms with Crippen LogP contribution in [0, 0.1) is 0 Å². The number of Topliss-reactive ketones (excluding diaryl/α,β-unsaturated/α-hetero) is 1. The first kappa shape index (κ1) is 11.7. The SMILES string of the molecule is CCCOCC(=O)CN1CCCCC1. The summed E-state index contributed by atoms with van der Waals surface area (Å²) >= 11 is 0. The summed E-state index contributed by atoms with van der Waals surface area (Å²) in [4.78, 5) is 13.7. The lowest BCUT2D eigenvalue weighted by Gasteiger charge is -2.25. The number of nitrogens with zero attached hydrogens (tertiary/aromatic N) is 1. The topological polar surface area (TPSA) is 29.5 Å². The lowest BCUT2D eigenvalue weighted by molar-refractivity contribution is -0.124. The number of hydrogen-bond donors (Lipinski definition) is 0. The fraction of sp³-hybridized carbons (Fsp3) is 0.909. The van der Waals surface area contributed by atoms with Crippen molar-refractivity contribution in [1.29, 1.82) is 0 Å². The molecule has 0 N–H and O–H groups in total. The van der Waals surface area contributed by atoms with Crippen LogP contribution in [0.2, 0.25) is 0 Å². The summed E-state index contributed by atoms with van der Waals surface area (Å²) in [5.74, 6) is 0.223. The van der Waals surface area contributed by atoms with Crippen molar-refractivity contribution in [2.75, 3.05) is 32.8 Å². The molecule has 14 heavy (non-hydrogen) atoms. The van der Waals surface area contributed by atoms with Gasteiger partial charge < -0.3 is 4.74 Å². The molecule has 0 aromatic rings. The van der Waals surface area contributed by atoms with Crippen molar-refractivity contribution in [2.45, 2.75) is 32.6 Å². The Labute approximate surface area is 86.4 Å². The minimum absolute atomic E-state index is 0.223. The number of ether oxygens (including phenoxy) is 1. The van der Waals surface area contributed by atoms with Crippen LogP contribution in [0.5, 0.6) is 0 Å². The van der Waals surface area contributed by atoms with Crippen LogP contribution in [-0.2, 0) is 9.53 Å². The molecule has 3 nitrogen and oxygen atoms in total. The molecule has 1 rings (SSSR count). The van der Waals surface area contributed by atoms with Gasteiger partial charge in [-0.3, -0.25) is 9.69 Å². The Kier molecular flexibility index (Phi) is 5.80. The zero-order valence-corrected chi connectivity index (χ0v) is 9.13. The molecule has 0 atom stereocenters. The van der Waals surface area contributed by atoms with E-state index in [4.69, 9.17) is 4.74 Å². The van der Waals surface area contributed by atoms with Crippen LogP contribution < -0.4 is 0 Å². The van der Waals surface area contributed by atoms with Gasteiger partial charge in [-0.15, -0.1) is 0 Å². The first-order valence-electron chi connectivity index (χ1n) is 5.64. The van der Waals surface area contributed by atoms with E-state index in [1.807, 2.05) is 0 Å². The first-order valence-corrected chi connectivity index (χ1v) is 5.64. The van der Waals surface area contributed by atoms with Crippen molar-refractivity contribution >= 4 is 5.78 Å². The fourth-order valence-corrected chi connectivity index (χ4v) is 1.74. The number of carbonyl (C=O) groups excluding carboxylic acids is 1. The number of rotatable bonds is 6. The number of carbonyl (C=O) groups is 1. The fourth-order valence-electron chi connectivity index (χ4n) is 1.74. The van der Waals surface area contributed by atoms with Crippen LogP contribution in [0.4, 0.5) is 0 Å². The Hall–Kier alpha value is -0.410. The quantitative estimate of drug-likeness (QED) is 0.607. The first-order chi connectivity index (χ1) is 6.83. The highest BCUT2D eigenvalue weighted by atomic mass is 16.5. The second-order valence-corrected chi connectivity index (χ2v) is 3.93. The molecular weight excluding hydrogens is 178 g/mol. The summed E-state index contributed by atoms with van der Waals surface area (Å²) < 4.78 is 5.21. The van der Waals surface area contributed by atoms with Gasteiger partial charge in [0.25, 0.3) is 0 Å². The summed E-state index contributed by atoms with van der Waals surface area (Å²) in [6.07, 6.45) is 4.78. The maximum absolute atomic E-state index is 11.4. The van der Waals surface area contributed by atoms with Gasteiger partial charge in [0.15, 0.2) is 5.78 Å². The highest BCUT2D eigenvalue weighted by molar-refractivity contribution is 5.81. The summed E-state index contributed by atoms with van der Waals surface area (Å²) in [5, 5.41) is 0. The molecule has 1 saturated heterocycles. The second kappa shape index (κ2) is 6.96. The number of hydrogen-bond acceptors (Lipinski definition) is 3. The van der Waals surface area contributed by atoms with E-state index in [1.165, 1.54) is 19.3 Å². The minimum atomic E-state index is 0.223. The van der Waals surface area contributed by atoms with Gasteiger partial charge in [-0.1, -0.05) is 13.3 Å². The van der Waals surface area contributed by atoms with E-state index in [2.05, 4.69) is 11.8 Å². The van der Waals surface area contributed by atoms with Gasteiger partial charge in [-0.25, -0.2) is 0 Å². The van der Waals surface area contributed by atoms with Gasteiger partial charge in [0.1, 0.15) is 6.61 Å². The minimum Gasteiger partial charge on any atom is -0.374 e. The van der Waals surface area contributed by atoms with Crippen LogP contribution in [0.25, 0.3) is 0 Å². The van der Waals surface area contributed by atoms with Gasteiger partial charge in [-0.2, -0.15) is 0 Å². The third-order valence-corrected chi connectivity index (χ3v) is 2.46. The van der Waals surface area contributed by atoms with Crippen LogP contribution in [0.1, 0.15) is 32.6 Å². The lowest BCUT2D eigenvalue weighted by atomic mass is 10.1. The molecule has 0 bridgehead atoms. The molecule has 3 heteroatoms. The van der Waals surface area contributed by atoms with E-state index in [0.717, 1.165) is 19.5 Å². The van der Waals surface area contributed by atoms with E-state index >= 15 is 0 Å². The molecule has 82 valence electrons. The maximum atomic E-state index is 11.4. The standard InChI is InChI=1S/C11H21NO2/c1-2-8-14-10-11(13)9-12-6-4-3-5-7-12/h2-10H2,1H3. The van der Waals surface area contributed by atoms with Gasteiger partial charge in [0.2, 0.25) is 0 Å². The van der Waals surface area contributed by atoms with Crippen molar-refractivity contribution in [3.8, 4) is 0 Å². The molecule has 1 aliphatic rings. The summed E-state index contributed by atoms with van der Waals surface area (Å²) in [7, 11) is 0. The lowest BCUT2D eigenvalue weighted by Crippen LogP contribution is -2.35. The second-order valence-electron chi connectivity index (χ2n) is 3.93. The Morgan fingerprint density at radius 2 is 2.00 bits per heavy atom. The van der Waals surface area contributed by atoms with E-state index in [0.29, 0.717) is 19.8 Å². The normalized spacial score (nSPS) is 18.4. The number of likely N-dealkylation sites (tertiary alicyclic amines) is 1. The average Bonchev–Trinajstić information content (AvgIpc) is 2.20. The molecule has 0 saturated carbocycles. The monoisotopic (exact) mass is 199 g/mol.